The van der Waals surface area contributed by atoms with Crippen LogP contribution in [0.2, 0.25) is 0 Å². The van der Waals surface area contributed by atoms with Crippen molar-refractivity contribution in [1.82, 2.24) is 10.2 Å². The summed E-state index contributed by atoms with van der Waals surface area (Å²) in [5.41, 5.74) is 2.63. The summed E-state index contributed by atoms with van der Waals surface area (Å²) in [6, 6.07) is 5.59. The number of hydrogen-bond donors (Lipinski definition) is 1. The lowest BCUT2D eigenvalue weighted by Gasteiger charge is -2.15. The van der Waals surface area contributed by atoms with Gasteiger partial charge in [0, 0.05) is 38.4 Å². The van der Waals surface area contributed by atoms with Crippen LogP contribution in [0.3, 0.4) is 0 Å². The zero-order chi connectivity index (χ0) is 19.4. The van der Waals surface area contributed by atoms with Gasteiger partial charge in [-0.05, 0) is 37.1 Å². The number of thioether (sulfide) groups is 1. The van der Waals surface area contributed by atoms with Gasteiger partial charge in [0.05, 0.1) is 11.9 Å². The van der Waals surface area contributed by atoms with E-state index in [-0.39, 0.29) is 16.9 Å². The van der Waals surface area contributed by atoms with Gasteiger partial charge in [0.1, 0.15) is 0 Å². The number of aromatic nitrogens is 2. The first-order valence-corrected chi connectivity index (χ1v) is 10.4. The molecule has 0 saturated carbocycles. The van der Waals surface area contributed by atoms with Crippen LogP contribution in [0.1, 0.15) is 29.8 Å². The number of ketones is 1. The minimum absolute atomic E-state index is 0.0305. The zero-order valence-corrected chi connectivity index (χ0v) is 17.2. The van der Waals surface area contributed by atoms with Gasteiger partial charge in [0.25, 0.3) is 0 Å². The molecule has 0 saturated heterocycles. The Labute approximate surface area is 166 Å². The molecule has 2 aromatic rings. The standard InChI is InChI=1S/C18H22N4O3S2/c1-11(26-18-21-20-17(27-18)19-7-9-25-3)16(24)14-4-5-15-13(10-14)6-8-22(15)12(2)23/h4-5,10-11H,6-9H2,1-3H3,(H,19,20). The van der Waals surface area contributed by atoms with Gasteiger partial charge in [0.15, 0.2) is 10.1 Å². The first-order chi connectivity index (χ1) is 13.0. The van der Waals surface area contributed by atoms with Gasteiger partial charge in [-0.15, -0.1) is 10.2 Å². The number of anilines is 2. The van der Waals surface area contributed by atoms with E-state index in [4.69, 9.17) is 4.74 Å². The van der Waals surface area contributed by atoms with Gasteiger partial charge in [-0.3, -0.25) is 9.59 Å². The second-order valence-electron chi connectivity index (χ2n) is 6.18. The number of rotatable bonds is 8. The highest BCUT2D eigenvalue weighted by molar-refractivity contribution is 8.02. The van der Waals surface area contributed by atoms with Gasteiger partial charge in [-0.25, -0.2) is 0 Å². The van der Waals surface area contributed by atoms with Crippen molar-refractivity contribution in [3.63, 3.8) is 0 Å². The van der Waals surface area contributed by atoms with Gasteiger partial charge in [-0.1, -0.05) is 23.1 Å². The van der Waals surface area contributed by atoms with E-state index in [0.717, 1.165) is 27.1 Å². The van der Waals surface area contributed by atoms with Crippen LogP contribution in [0.25, 0.3) is 0 Å². The van der Waals surface area contributed by atoms with Crippen molar-refractivity contribution >= 4 is 45.6 Å². The minimum atomic E-state index is -0.270. The molecule has 1 unspecified atom stereocenters. The van der Waals surface area contributed by atoms with E-state index >= 15 is 0 Å². The zero-order valence-electron chi connectivity index (χ0n) is 15.5. The van der Waals surface area contributed by atoms with Crippen LogP contribution in [-0.4, -0.2) is 53.9 Å². The number of nitrogens with zero attached hydrogens (tertiary/aromatic N) is 3. The summed E-state index contributed by atoms with van der Waals surface area (Å²) >= 11 is 2.83. The lowest BCUT2D eigenvalue weighted by atomic mass is 10.0. The van der Waals surface area contributed by atoms with Crippen LogP contribution in [0.5, 0.6) is 0 Å². The van der Waals surface area contributed by atoms with Gasteiger partial charge in [0.2, 0.25) is 11.0 Å². The number of nitrogens with one attached hydrogen (secondary N) is 1. The number of hydrogen-bond acceptors (Lipinski definition) is 8. The number of benzene rings is 1. The highest BCUT2D eigenvalue weighted by Gasteiger charge is 2.25. The molecule has 3 rings (SSSR count). The normalized spacial score (nSPS) is 14.1. The molecule has 0 fully saturated rings. The minimum Gasteiger partial charge on any atom is -0.383 e. The Balaban J connectivity index is 1.63. The molecule has 2 heterocycles. The van der Waals surface area contributed by atoms with E-state index in [1.165, 1.54) is 23.1 Å². The van der Waals surface area contributed by atoms with Crippen LogP contribution in [0.4, 0.5) is 10.8 Å². The summed E-state index contributed by atoms with van der Waals surface area (Å²) in [6.07, 6.45) is 0.782. The van der Waals surface area contributed by atoms with E-state index in [9.17, 15) is 9.59 Å². The van der Waals surface area contributed by atoms with Crippen LogP contribution in [0.15, 0.2) is 22.5 Å². The maximum absolute atomic E-state index is 12.8. The van der Waals surface area contributed by atoms with Crippen molar-refractivity contribution in [2.75, 3.05) is 37.0 Å². The molecule has 0 aliphatic carbocycles. The van der Waals surface area contributed by atoms with Gasteiger partial charge in [-0.2, -0.15) is 0 Å². The Morgan fingerprint density at radius 3 is 2.96 bits per heavy atom. The average Bonchev–Trinajstić information content (AvgIpc) is 3.27. The Morgan fingerprint density at radius 1 is 1.41 bits per heavy atom. The molecule has 0 spiro atoms. The van der Waals surface area contributed by atoms with Gasteiger partial charge < -0.3 is 15.0 Å². The molecule has 0 radical (unpaired) electrons. The Morgan fingerprint density at radius 2 is 2.22 bits per heavy atom. The SMILES string of the molecule is COCCNc1nnc(SC(C)C(=O)c2ccc3c(c2)CCN3C(C)=O)s1. The molecule has 9 heteroatoms. The van der Waals surface area contributed by atoms with Crippen LogP contribution >= 0.6 is 23.1 Å². The first kappa shape index (κ1) is 19.8. The molecule has 1 atom stereocenters. The fourth-order valence-corrected chi connectivity index (χ4v) is 4.91. The lowest BCUT2D eigenvalue weighted by molar-refractivity contribution is -0.116. The monoisotopic (exact) mass is 406 g/mol. The topological polar surface area (TPSA) is 84.4 Å². The number of fused-ring (bicyclic) bond motifs is 1. The van der Waals surface area contributed by atoms with E-state index in [0.29, 0.717) is 25.3 Å². The number of carbonyl (C=O) groups is 2. The van der Waals surface area contributed by atoms with Crippen molar-refractivity contribution in [3.05, 3.63) is 29.3 Å². The molecule has 1 N–H and O–H groups in total. The summed E-state index contributed by atoms with van der Waals surface area (Å²) in [5, 5.41) is 11.8. The molecule has 1 aromatic carbocycles. The maximum atomic E-state index is 12.8. The Hall–Kier alpha value is -1.97. The molecular weight excluding hydrogens is 384 g/mol. The summed E-state index contributed by atoms with van der Waals surface area (Å²) < 4.78 is 5.74. The molecule has 27 heavy (non-hydrogen) atoms. The second-order valence-corrected chi connectivity index (χ2v) is 8.75. The van der Waals surface area contributed by atoms with Gasteiger partial charge >= 0.3 is 0 Å². The van der Waals surface area contributed by atoms with Crippen LogP contribution in [-0.2, 0) is 16.0 Å². The first-order valence-electron chi connectivity index (χ1n) is 8.68. The number of carbonyl (C=O) groups excluding carboxylic acids is 2. The highest BCUT2D eigenvalue weighted by Crippen LogP contribution is 2.33. The Bertz CT molecular complexity index is 840. The van der Waals surface area contributed by atoms with E-state index < -0.39 is 0 Å². The molecule has 1 aliphatic rings. The third-order valence-electron chi connectivity index (χ3n) is 4.28. The molecule has 1 aliphatic heterocycles. The number of ether oxygens (including phenoxy) is 1. The second kappa shape index (κ2) is 8.81. The molecular formula is C18H22N4O3S2. The van der Waals surface area contributed by atoms with E-state index in [1.54, 1.807) is 25.0 Å². The third-order valence-corrected chi connectivity index (χ3v) is 6.34. The quantitative estimate of drug-likeness (QED) is 0.410. The smallest absolute Gasteiger partial charge is 0.223 e. The predicted molar refractivity (Wildman–Crippen MR) is 108 cm³/mol. The fraction of sp³-hybridized carbons (Fsp3) is 0.444. The van der Waals surface area contributed by atoms with Crippen molar-refractivity contribution in [2.45, 2.75) is 29.9 Å². The number of methoxy groups -OCH3 is 1. The Kier molecular flexibility index (Phi) is 6.46. The predicted octanol–water partition coefficient (Wildman–Crippen LogP) is 2.87. The average molecular weight is 407 g/mol. The number of amides is 1. The molecule has 7 nitrogen and oxygen atoms in total. The molecule has 0 bridgehead atoms. The van der Waals surface area contributed by atoms with Crippen LogP contribution < -0.4 is 10.2 Å². The van der Waals surface area contributed by atoms with Crippen molar-refractivity contribution in [1.29, 1.82) is 0 Å². The lowest BCUT2D eigenvalue weighted by Crippen LogP contribution is -2.25. The summed E-state index contributed by atoms with van der Waals surface area (Å²) in [5.74, 6) is 0.0797. The van der Waals surface area contributed by atoms with Crippen LogP contribution in [0, 0.1) is 0 Å². The third kappa shape index (κ3) is 4.66. The number of Topliss-reactive ketones (excluding diaryl/α,β-unsaturated/α-hetero) is 1. The maximum Gasteiger partial charge on any atom is 0.223 e. The fourth-order valence-electron chi connectivity index (χ4n) is 2.91. The summed E-state index contributed by atoms with van der Waals surface area (Å²) in [7, 11) is 1.65. The molecule has 144 valence electrons. The van der Waals surface area contributed by atoms with E-state index in [2.05, 4.69) is 15.5 Å². The van der Waals surface area contributed by atoms with E-state index in [1.807, 2.05) is 19.1 Å². The largest absolute Gasteiger partial charge is 0.383 e. The van der Waals surface area contributed by atoms with Crippen molar-refractivity contribution in [2.24, 2.45) is 0 Å². The van der Waals surface area contributed by atoms with Crippen molar-refractivity contribution in [3.8, 4) is 0 Å². The molecule has 1 aromatic heterocycles. The summed E-state index contributed by atoms with van der Waals surface area (Å²) in [6.45, 7) is 5.37. The van der Waals surface area contributed by atoms with Crippen molar-refractivity contribution < 1.29 is 14.3 Å². The summed E-state index contributed by atoms with van der Waals surface area (Å²) in [4.78, 5) is 26.2. The molecule has 1 amide bonds. The highest BCUT2D eigenvalue weighted by atomic mass is 32.2.